The van der Waals surface area contributed by atoms with E-state index in [9.17, 15) is 4.79 Å². The number of hydrogen-bond acceptors (Lipinski definition) is 2. The van der Waals surface area contributed by atoms with Crippen LogP contribution < -0.4 is 5.32 Å². The molecule has 0 fully saturated rings. The molecule has 0 bridgehead atoms. The van der Waals surface area contributed by atoms with Gasteiger partial charge in [0.15, 0.2) is 0 Å². The highest BCUT2D eigenvalue weighted by molar-refractivity contribution is 5.94. The van der Waals surface area contributed by atoms with Gasteiger partial charge in [0.2, 0.25) is 0 Å². The summed E-state index contributed by atoms with van der Waals surface area (Å²) in [5.41, 5.74) is 5.49. The van der Waals surface area contributed by atoms with E-state index in [2.05, 4.69) is 49.3 Å². The van der Waals surface area contributed by atoms with Crippen molar-refractivity contribution in [2.24, 2.45) is 0 Å². The lowest BCUT2D eigenvalue weighted by molar-refractivity contribution is 0.0935. The predicted molar refractivity (Wildman–Crippen MR) is 104 cm³/mol. The molecular weight excluding hydrogens is 322 g/mol. The maximum absolute atomic E-state index is 12.6. The van der Waals surface area contributed by atoms with Gasteiger partial charge in [-0.1, -0.05) is 37.3 Å². The minimum Gasteiger partial charge on any atom is -0.345 e. The first-order valence-corrected chi connectivity index (χ1v) is 8.99. The monoisotopic (exact) mass is 347 g/mol. The van der Waals surface area contributed by atoms with Gasteiger partial charge in [-0.2, -0.15) is 0 Å². The summed E-state index contributed by atoms with van der Waals surface area (Å²) in [6.07, 6.45) is 6.33. The van der Waals surface area contributed by atoms with E-state index in [0.29, 0.717) is 5.56 Å². The topological polar surface area (TPSA) is 46.9 Å². The number of nitrogens with one attached hydrogen (secondary N) is 1. The zero-order chi connectivity index (χ0) is 18.5. The molecule has 0 saturated heterocycles. The Hall–Kier alpha value is -2.88. The molecule has 3 rings (SSSR count). The van der Waals surface area contributed by atoms with Crippen LogP contribution in [0.1, 0.15) is 52.0 Å². The number of carbonyl (C=O) groups excluding carboxylic acids is 1. The Labute approximate surface area is 154 Å². The summed E-state index contributed by atoms with van der Waals surface area (Å²) in [5, 5.41) is 3.16. The Morgan fingerprint density at radius 2 is 1.88 bits per heavy atom. The molecule has 0 radical (unpaired) electrons. The minimum atomic E-state index is -0.0377. The second kappa shape index (κ2) is 8.00. The summed E-state index contributed by atoms with van der Waals surface area (Å²) in [5.74, 6) is -0.0377. The van der Waals surface area contributed by atoms with Gasteiger partial charge in [0, 0.05) is 24.5 Å². The summed E-state index contributed by atoms with van der Waals surface area (Å²) >= 11 is 0. The van der Waals surface area contributed by atoms with Crippen LogP contribution in [-0.2, 0) is 6.54 Å². The second-order valence-corrected chi connectivity index (χ2v) is 6.71. The lowest BCUT2D eigenvalue weighted by atomic mass is 9.99. The SMILES string of the molecule is CCC(NC(=O)c1ccc(Cn2ccnc2)cc1)c1ccc(C)c(C)c1. The number of aromatic nitrogens is 2. The van der Waals surface area contributed by atoms with Crippen LogP contribution in [0.25, 0.3) is 0 Å². The van der Waals surface area contributed by atoms with Crippen molar-refractivity contribution >= 4 is 5.91 Å². The van der Waals surface area contributed by atoms with Crippen LogP contribution in [0.15, 0.2) is 61.2 Å². The fourth-order valence-electron chi connectivity index (χ4n) is 3.00. The molecule has 0 aliphatic carbocycles. The maximum Gasteiger partial charge on any atom is 0.251 e. The van der Waals surface area contributed by atoms with Crippen LogP contribution in [0.2, 0.25) is 0 Å². The molecule has 134 valence electrons. The van der Waals surface area contributed by atoms with Gasteiger partial charge in [-0.05, 0) is 54.7 Å². The summed E-state index contributed by atoms with van der Waals surface area (Å²) in [6.45, 7) is 7.05. The van der Waals surface area contributed by atoms with E-state index < -0.39 is 0 Å². The molecule has 0 aliphatic rings. The van der Waals surface area contributed by atoms with Gasteiger partial charge in [0.25, 0.3) is 5.91 Å². The second-order valence-electron chi connectivity index (χ2n) is 6.71. The van der Waals surface area contributed by atoms with Crippen LogP contribution in [0.5, 0.6) is 0 Å². The lowest BCUT2D eigenvalue weighted by Crippen LogP contribution is -2.28. The number of aryl methyl sites for hydroxylation is 2. The molecule has 1 atom stereocenters. The highest BCUT2D eigenvalue weighted by atomic mass is 16.1. The molecule has 4 nitrogen and oxygen atoms in total. The fourth-order valence-corrected chi connectivity index (χ4v) is 3.00. The van der Waals surface area contributed by atoms with Gasteiger partial charge in [-0.3, -0.25) is 4.79 Å². The molecule has 1 heterocycles. The number of rotatable bonds is 6. The standard InChI is InChI=1S/C22H25N3O/c1-4-21(20-8-5-16(2)17(3)13-20)24-22(26)19-9-6-18(7-10-19)14-25-12-11-23-15-25/h5-13,15,21H,4,14H2,1-3H3,(H,24,26). The van der Waals surface area contributed by atoms with Crippen molar-refractivity contribution in [1.29, 1.82) is 0 Å². The Kier molecular flexibility index (Phi) is 5.52. The van der Waals surface area contributed by atoms with Gasteiger partial charge in [0.05, 0.1) is 12.4 Å². The molecule has 1 aromatic heterocycles. The molecule has 1 amide bonds. The Morgan fingerprint density at radius 3 is 2.50 bits per heavy atom. The average molecular weight is 347 g/mol. The molecule has 0 saturated carbocycles. The molecule has 1 unspecified atom stereocenters. The Morgan fingerprint density at radius 1 is 1.12 bits per heavy atom. The van der Waals surface area contributed by atoms with E-state index >= 15 is 0 Å². The number of amides is 1. The lowest BCUT2D eigenvalue weighted by Gasteiger charge is -2.19. The van der Waals surface area contributed by atoms with E-state index in [0.717, 1.165) is 24.1 Å². The normalized spacial score (nSPS) is 12.0. The van der Waals surface area contributed by atoms with E-state index in [4.69, 9.17) is 0 Å². The van der Waals surface area contributed by atoms with Crippen molar-refractivity contribution in [3.63, 3.8) is 0 Å². The van der Waals surface area contributed by atoms with Crippen LogP contribution in [0, 0.1) is 13.8 Å². The summed E-state index contributed by atoms with van der Waals surface area (Å²) in [6, 6.07) is 14.2. The number of benzene rings is 2. The third kappa shape index (κ3) is 4.20. The number of hydrogen-bond donors (Lipinski definition) is 1. The quantitative estimate of drug-likeness (QED) is 0.717. The van der Waals surface area contributed by atoms with Gasteiger partial charge in [-0.15, -0.1) is 0 Å². The van der Waals surface area contributed by atoms with Gasteiger partial charge in [-0.25, -0.2) is 4.98 Å². The summed E-state index contributed by atoms with van der Waals surface area (Å²) in [7, 11) is 0. The number of carbonyl (C=O) groups is 1. The Bertz CT molecular complexity index is 867. The minimum absolute atomic E-state index is 0.0208. The van der Waals surface area contributed by atoms with Crippen LogP contribution in [-0.4, -0.2) is 15.5 Å². The average Bonchev–Trinajstić information content (AvgIpc) is 3.15. The maximum atomic E-state index is 12.6. The van der Waals surface area contributed by atoms with Gasteiger partial charge < -0.3 is 9.88 Å². The molecular formula is C22H25N3O. The summed E-state index contributed by atoms with van der Waals surface area (Å²) in [4.78, 5) is 16.7. The van der Waals surface area contributed by atoms with Crippen molar-refractivity contribution in [1.82, 2.24) is 14.9 Å². The molecule has 3 aromatic rings. The first-order valence-electron chi connectivity index (χ1n) is 8.99. The highest BCUT2D eigenvalue weighted by Crippen LogP contribution is 2.20. The smallest absolute Gasteiger partial charge is 0.251 e. The predicted octanol–water partition coefficient (Wildman–Crippen LogP) is 4.43. The zero-order valence-electron chi connectivity index (χ0n) is 15.6. The molecule has 26 heavy (non-hydrogen) atoms. The zero-order valence-corrected chi connectivity index (χ0v) is 15.6. The van der Waals surface area contributed by atoms with E-state index in [1.54, 1.807) is 12.5 Å². The molecule has 4 heteroatoms. The van der Waals surface area contributed by atoms with E-state index in [1.807, 2.05) is 35.0 Å². The highest BCUT2D eigenvalue weighted by Gasteiger charge is 2.14. The van der Waals surface area contributed by atoms with Crippen molar-refractivity contribution in [2.45, 2.75) is 39.8 Å². The van der Waals surface area contributed by atoms with Gasteiger partial charge in [0.1, 0.15) is 0 Å². The third-order valence-corrected chi connectivity index (χ3v) is 4.79. The number of nitrogens with zero attached hydrogens (tertiary/aromatic N) is 2. The van der Waals surface area contributed by atoms with Crippen LogP contribution >= 0.6 is 0 Å². The first-order chi connectivity index (χ1) is 12.6. The van der Waals surface area contributed by atoms with Crippen molar-refractivity contribution in [3.8, 4) is 0 Å². The van der Waals surface area contributed by atoms with E-state index in [-0.39, 0.29) is 11.9 Å². The molecule has 2 aromatic carbocycles. The Balaban J connectivity index is 1.68. The molecule has 0 spiro atoms. The summed E-state index contributed by atoms with van der Waals surface area (Å²) < 4.78 is 2.00. The molecule has 1 N–H and O–H groups in total. The first kappa shape index (κ1) is 17.9. The largest absolute Gasteiger partial charge is 0.345 e. The van der Waals surface area contributed by atoms with Crippen molar-refractivity contribution in [3.05, 3.63) is 89.0 Å². The van der Waals surface area contributed by atoms with Gasteiger partial charge >= 0.3 is 0 Å². The van der Waals surface area contributed by atoms with Crippen molar-refractivity contribution in [2.75, 3.05) is 0 Å². The third-order valence-electron chi connectivity index (χ3n) is 4.79. The number of imidazole rings is 1. The van der Waals surface area contributed by atoms with Crippen LogP contribution in [0.3, 0.4) is 0 Å². The van der Waals surface area contributed by atoms with E-state index in [1.165, 1.54) is 11.1 Å². The van der Waals surface area contributed by atoms with Crippen LogP contribution in [0.4, 0.5) is 0 Å². The fraction of sp³-hybridized carbons (Fsp3) is 0.273. The van der Waals surface area contributed by atoms with Crippen molar-refractivity contribution < 1.29 is 4.79 Å². The molecule has 0 aliphatic heterocycles.